The molecule has 6 nitrogen and oxygen atoms in total. The fourth-order valence-electron chi connectivity index (χ4n) is 2.76. The maximum atomic E-state index is 12.2. The number of hydrogen-bond acceptors (Lipinski definition) is 5. The Bertz CT molecular complexity index is 682. The van der Waals surface area contributed by atoms with Gasteiger partial charge < -0.3 is 14.8 Å². The van der Waals surface area contributed by atoms with Crippen LogP contribution < -0.4 is 10.1 Å². The van der Waals surface area contributed by atoms with Gasteiger partial charge in [0, 0.05) is 43.3 Å². The number of aromatic nitrogens is 2. The van der Waals surface area contributed by atoms with Gasteiger partial charge in [0.1, 0.15) is 5.69 Å². The van der Waals surface area contributed by atoms with E-state index in [-0.39, 0.29) is 5.91 Å². The molecule has 1 fully saturated rings. The summed E-state index contributed by atoms with van der Waals surface area (Å²) >= 11 is 0. The second-order valence-corrected chi connectivity index (χ2v) is 5.77. The predicted molar refractivity (Wildman–Crippen MR) is 89.9 cm³/mol. The minimum Gasteiger partial charge on any atom is -0.479 e. The normalized spacial score (nSPS) is 16.8. The highest BCUT2D eigenvalue weighted by molar-refractivity contribution is 5.94. The van der Waals surface area contributed by atoms with Crippen LogP contribution in [0.1, 0.15) is 23.2 Å². The predicted octanol–water partition coefficient (Wildman–Crippen LogP) is 2.31. The summed E-state index contributed by atoms with van der Waals surface area (Å²) in [4.78, 5) is 20.6. The molecule has 0 aliphatic carbocycles. The Kier molecular flexibility index (Phi) is 5.38. The van der Waals surface area contributed by atoms with Crippen molar-refractivity contribution in [1.29, 1.82) is 0 Å². The standard InChI is InChI=1S/C18H21N3O3/c1-23-18-16(19-9-10-21-18)14-2-4-15(5-3-14)17(22)20-8-6-13-7-11-24-12-13/h2-5,9-10,13H,6-8,11-12H2,1H3,(H,20,22)/t13-/m1/s1. The SMILES string of the molecule is COc1nccnc1-c1ccc(C(=O)NCC[C@@H]2CCOC2)cc1. The third-order valence-corrected chi connectivity index (χ3v) is 4.14. The van der Waals surface area contributed by atoms with E-state index in [9.17, 15) is 4.79 Å². The molecule has 6 heteroatoms. The molecule has 126 valence electrons. The molecule has 3 rings (SSSR count). The van der Waals surface area contributed by atoms with Crippen LogP contribution in [0.25, 0.3) is 11.3 Å². The van der Waals surface area contributed by atoms with Crippen LogP contribution in [0.15, 0.2) is 36.7 Å². The van der Waals surface area contributed by atoms with Gasteiger partial charge in [-0.25, -0.2) is 9.97 Å². The molecule has 1 saturated heterocycles. The van der Waals surface area contributed by atoms with Crippen LogP contribution in [0.5, 0.6) is 5.88 Å². The average molecular weight is 327 g/mol. The Morgan fingerprint density at radius 1 is 1.29 bits per heavy atom. The molecule has 1 aliphatic rings. The molecule has 1 atom stereocenters. The van der Waals surface area contributed by atoms with Gasteiger partial charge in [0.25, 0.3) is 5.91 Å². The van der Waals surface area contributed by atoms with E-state index in [1.54, 1.807) is 31.6 Å². The van der Waals surface area contributed by atoms with Crippen molar-refractivity contribution in [2.45, 2.75) is 12.8 Å². The first-order valence-electron chi connectivity index (χ1n) is 8.09. The molecule has 0 saturated carbocycles. The number of benzene rings is 1. The lowest BCUT2D eigenvalue weighted by molar-refractivity contribution is 0.0950. The van der Waals surface area contributed by atoms with Crippen LogP contribution in [0.3, 0.4) is 0 Å². The molecule has 0 bridgehead atoms. The number of nitrogens with zero attached hydrogens (tertiary/aromatic N) is 2. The van der Waals surface area contributed by atoms with E-state index >= 15 is 0 Å². The first-order valence-corrected chi connectivity index (χ1v) is 8.09. The molecule has 1 aliphatic heterocycles. The Morgan fingerprint density at radius 2 is 2.08 bits per heavy atom. The van der Waals surface area contributed by atoms with Gasteiger partial charge in [-0.15, -0.1) is 0 Å². The van der Waals surface area contributed by atoms with Crippen LogP contribution in [0.2, 0.25) is 0 Å². The molecule has 24 heavy (non-hydrogen) atoms. The molecule has 2 aromatic rings. The minimum absolute atomic E-state index is 0.0634. The van der Waals surface area contributed by atoms with Crippen molar-refractivity contribution in [2.24, 2.45) is 5.92 Å². The van der Waals surface area contributed by atoms with E-state index < -0.39 is 0 Å². The highest BCUT2D eigenvalue weighted by atomic mass is 16.5. The lowest BCUT2D eigenvalue weighted by atomic mass is 10.1. The number of carbonyl (C=O) groups excluding carboxylic acids is 1. The van der Waals surface area contributed by atoms with Crippen molar-refractivity contribution >= 4 is 5.91 Å². The zero-order valence-electron chi connectivity index (χ0n) is 13.7. The second kappa shape index (κ2) is 7.88. The number of carbonyl (C=O) groups is 1. The smallest absolute Gasteiger partial charge is 0.251 e. The maximum absolute atomic E-state index is 12.2. The van der Waals surface area contributed by atoms with E-state index in [1.807, 2.05) is 12.1 Å². The summed E-state index contributed by atoms with van der Waals surface area (Å²) in [5.74, 6) is 0.969. The van der Waals surface area contributed by atoms with Crippen LogP contribution in [0, 0.1) is 5.92 Å². The topological polar surface area (TPSA) is 73.3 Å². The van der Waals surface area contributed by atoms with E-state index in [1.165, 1.54) is 0 Å². The lowest BCUT2D eigenvalue weighted by Gasteiger charge is -2.09. The van der Waals surface area contributed by atoms with Crippen molar-refractivity contribution in [3.05, 3.63) is 42.2 Å². The van der Waals surface area contributed by atoms with Gasteiger partial charge in [-0.1, -0.05) is 12.1 Å². The van der Waals surface area contributed by atoms with Gasteiger partial charge in [0.15, 0.2) is 0 Å². The van der Waals surface area contributed by atoms with E-state index in [4.69, 9.17) is 9.47 Å². The molecule has 0 radical (unpaired) electrons. The van der Waals surface area contributed by atoms with Crippen molar-refractivity contribution in [1.82, 2.24) is 15.3 Å². The van der Waals surface area contributed by atoms with Gasteiger partial charge in [-0.3, -0.25) is 4.79 Å². The zero-order valence-corrected chi connectivity index (χ0v) is 13.7. The molecule has 1 N–H and O–H groups in total. The molecular weight excluding hydrogens is 306 g/mol. The highest BCUT2D eigenvalue weighted by Gasteiger charge is 2.16. The van der Waals surface area contributed by atoms with E-state index in [2.05, 4.69) is 15.3 Å². The molecule has 0 unspecified atom stereocenters. The Balaban J connectivity index is 1.60. The van der Waals surface area contributed by atoms with Gasteiger partial charge in [-0.05, 0) is 30.9 Å². The first kappa shape index (κ1) is 16.4. The van der Waals surface area contributed by atoms with Crippen LogP contribution >= 0.6 is 0 Å². The second-order valence-electron chi connectivity index (χ2n) is 5.77. The largest absolute Gasteiger partial charge is 0.479 e. The minimum atomic E-state index is -0.0634. The zero-order chi connectivity index (χ0) is 16.8. The number of ether oxygens (including phenoxy) is 2. The van der Waals surface area contributed by atoms with Crippen LogP contribution in [-0.4, -0.2) is 42.7 Å². The summed E-state index contributed by atoms with van der Waals surface area (Å²) in [6.45, 7) is 2.32. The fraction of sp³-hybridized carbons (Fsp3) is 0.389. The van der Waals surface area contributed by atoms with Gasteiger partial charge in [0.05, 0.1) is 7.11 Å². The number of hydrogen-bond donors (Lipinski definition) is 1. The molecular formula is C18H21N3O3. The van der Waals surface area contributed by atoms with Crippen molar-refractivity contribution in [2.75, 3.05) is 26.9 Å². The van der Waals surface area contributed by atoms with E-state index in [0.29, 0.717) is 29.6 Å². The summed E-state index contributed by atoms with van der Waals surface area (Å²) in [5, 5.41) is 2.96. The van der Waals surface area contributed by atoms with Crippen molar-refractivity contribution in [3.63, 3.8) is 0 Å². The monoisotopic (exact) mass is 327 g/mol. The molecule has 0 spiro atoms. The van der Waals surface area contributed by atoms with Crippen molar-refractivity contribution < 1.29 is 14.3 Å². The highest BCUT2D eigenvalue weighted by Crippen LogP contribution is 2.25. The Morgan fingerprint density at radius 3 is 2.79 bits per heavy atom. The molecule has 1 aromatic carbocycles. The summed E-state index contributed by atoms with van der Waals surface area (Å²) in [5.41, 5.74) is 2.15. The van der Waals surface area contributed by atoms with Crippen LogP contribution in [0.4, 0.5) is 0 Å². The summed E-state index contributed by atoms with van der Waals surface area (Å²) in [7, 11) is 1.56. The molecule has 1 aromatic heterocycles. The van der Waals surface area contributed by atoms with Gasteiger partial charge >= 0.3 is 0 Å². The number of nitrogens with one attached hydrogen (secondary N) is 1. The molecule has 2 heterocycles. The summed E-state index contributed by atoms with van der Waals surface area (Å²) in [6.07, 6.45) is 5.25. The summed E-state index contributed by atoms with van der Waals surface area (Å²) in [6, 6.07) is 7.29. The number of rotatable bonds is 6. The summed E-state index contributed by atoms with van der Waals surface area (Å²) < 4.78 is 10.6. The maximum Gasteiger partial charge on any atom is 0.251 e. The molecule has 1 amide bonds. The van der Waals surface area contributed by atoms with Gasteiger partial charge in [-0.2, -0.15) is 0 Å². The first-order chi connectivity index (χ1) is 11.8. The van der Waals surface area contributed by atoms with Gasteiger partial charge in [0.2, 0.25) is 5.88 Å². The fourth-order valence-corrected chi connectivity index (χ4v) is 2.76. The quantitative estimate of drug-likeness (QED) is 0.881. The average Bonchev–Trinajstić information content (AvgIpc) is 3.15. The van der Waals surface area contributed by atoms with Crippen molar-refractivity contribution in [3.8, 4) is 17.1 Å². The lowest BCUT2D eigenvalue weighted by Crippen LogP contribution is -2.26. The third kappa shape index (κ3) is 3.89. The van der Waals surface area contributed by atoms with E-state index in [0.717, 1.165) is 31.6 Å². The third-order valence-electron chi connectivity index (χ3n) is 4.14. The van der Waals surface area contributed by atoms with Crippen LogP contribution in [-0.2, 0) is 4.74 Å². The number of methoxy groups -OCH3 is 1. The number of amides is 1. The Hall–Kier alpha value is -2.47. The Labute approximate surface area is 141 Å².